The smallest absolute Gasteiger partial charge is 0.0488 e. The lowest BCUT2D eigenvalue weighted by Crippen LogP contribution is -2.09. The maximum atomic E-state index is 4.72. The van der Waals surface area contributed by atoms with E-state index in [0.29, 0.717) is 0 Å². The largest absolute Gasteiger partial charge is 0.381 e. The standard InChI is InChI=1S/C6H12.C3H6O/c1-2-4-6-5-3-1;1-2-4-3-1/h1-6H2;1-3H2. The molecule has 2 fully saturated rings. The summed E-state index contributed by atoms with van der Waals surface area (Å²) in [7, 11) is 0. The molecule has 2 rings (SSSR count). The average Bonchev–Trinajstić information content (AvgIpc) is 1.88. The molecule has 0 aromatic heterocycles. The first-order chi connectivity index (χ1) is 5.00. The first-order valence-electron chi connectivity index (χ1n) is 4.58. The van der Waals surface area contributed by atoms with Crippen molar-refractivity contribution in [2.45, 2.75) is 44.9 Å². The SMILES string of the molecule is C1CCCCC1.C1COC1. The summed E-state index contributed by atoms with van der Waals surface area (Å²) in [5, 5.41) is 0. The highest BCUT2D eigenvalue weighted by Crippen LogP contribution is 2.15. The van der Waals surface area contributed by atoms with Crippen molar-refractivity contribution in [3.63, 3.8) is 0 Å². The van der Waals surface area contributed by atoms with Crippen LogP contribution in [0.2, 0.25) is 0 Å². The molecule has 1 saturated heterocycles. The van der Waals surface area contributed by atoms with Gasteiger partial charge in [-0.1, -0.05) is 38.5 Å². The fourth-order valence-corrected chi connectivity index (χ4v) is 1.20. The van der Waals surface area contributed by atoms with Crippen LogP contribution in [0, 0.1) is 0 Å². The molecule has 0 amide bonds. The van der Waals surface area contributed by atoms with Crippen LogP contribution < -0.4 is 0 Å². The molecular weight excluding hydrogens is 124 g/mol. The van der Waals surface area contributed by atoms with E-state index in [1.54, 1.807) is 0 Å². The summed E-state index contributed by atoms with van der Waals surface area (Å²) in [6, 6.07) is 0. The van der Waals surface area contributed by atoms with Crippen molar-refractivity contribution >= 4 is 0 Å². The quantitative estimate of drug-likeness (QED) is 0.505. The molecule has 1 heteroatoms. The predicted molar refractivity (Wildman–Crippen MR) is 43.1 cm³/mol. The van der Waals surface area contributed by atoms with Crippen LogP contribution >= 0.6 is 0 Å². The Labute approximate surface area is 63.8 Å². The molecule has 1 nitrogen and oxygen atoms in total. The van der Waals surface area contributed by atoms with Gasteiger partial charge in [-0.2, -0.15) is 0 Å². The van der Waals surface area contributed by atoms with E-state index in [-0.39, 0.29) is 0 Å². The molecule has 0 unspecified atom stereocenters. The van der Waals surface area contributed by atoms with Crippen LogP contribution in [0.4, 0.5) is 0 Å². The van der Waals surface area contributed by atoms with Crippen molar-refractivity contribution in [2.75, 3.05) is 13.2 Å². The van der Waals surface area contributed by atoms with Crippen LogP contribution in [0.15, 0.2) is 0 Å². The van der Waals surface area contributed by atoms with Crippen molar-refractivity contribution in [3.8, 4) is 0 Å². The Morgan fingerprint density at radius 3 is 0.800 bits per heavy atom. The van der Waals surface area contributed by atoms with Crippen molar-refractivity contribution in [3.05, 3.63) is 0 Å². The second kappa shape index (κ2) is 5.72. The fraction of sp³-hybridized carbons (Fsp3) is 1.00. The number of hydrogen-bond acceptors (Lipinski definition) is 1. The van der Waals surface area contributed by atoms with Crippen LogP contribution in [0.1, 0.15) is 44.9 Å². The zero-order valence-electron chi connectivity index (χ0n) is 6.77. The van der Waals surface area contributed by atoms with Gasteiger partial charge in [0, 0.05) is 13.2 Å². The molecule has 10 heavy (non-hydrogen) atoms. The maximum Gasteiger partial charge on any atom is 0.0488 e. The molecule has 60 valence electrons. The molecule has 0 atom stereocenters. The van der Waals surface area contributed by atoms with E-state index < -0.39 is 0 Å². The minimum atomic E-state index is 1.00. The van der Waals surface area contributed by atoms with Gasteiger partial charge in [-0.15, -0.1) is 0 Å². The highest BCUT2D eigenvalue weighted by Gasteiger charge is 1.95. The Hall–Kier alpha value is -0.0400. The van der Waals surface area contributed by atoms with Crippen LogP contribution in [-0.4, -0.2) is 13.2 Å². The van der Waals surface area contributed by atoms with E-state index in [1.165, 1.54) is 44.9 Å². The summed E-state index contributed by atoms with van der Waals surface area (Å²) < 4.78 is 4.72. The summed E-state index contributed by atoms with van der Waals surface area (Å²) in [4.78, 5) is 0. The molecule has 0 radical (unpaired) electrons. The third-order valence-electron chi connectivity index (χ3n) is 2.08. The van der Waals surface area contributed by atoms with Gasteiger partial charge >= 0.3 is 0 Å². The van der Waals surface area contributed by atoms with Gasteiger partial charge in [0.25, 0.3) is 0 Å². The van der Waals surface area contributed by atoms with Gasteiger partial charge in [-0.05, 0) is 6.42 Å². The minimum Gasteiger partial charge on any atom is -0.381 e. The minimum absolute atomic E-state index is 1.00. The summed E-state index contributed by atoms with van der Waals surface area (Å²) in [5.41, 5.74) is 0. The van der Waals surface area contributed by atoms with Crippen molar-refractivity contribution in [1.82, 2.24) is 0 Å². The second-order valence-corrected chi connectivity index (χ2v) is 3.09. The van der Waals surface area contributed by atoms with Crippen molar-refractivity contribution in [2.24, 2.45) is 0 Å². The Bertz CT molecular complexity index is 47.6. The third kappa shape index (κ3) is 3.89. The number of rotatable bonds is 0. The van der Waals surface area contributed by atoms with E-state index in [1.807, 2.05) is 0 Å². The van der Waals surface area contributed by atoms with E-state index in [9.17, 15) is 0 Å². The topological polar surface area (TPSA) is 9.23 Å². The Morgan fingerprint density at radius 2 is 0.700 bits per heavy atom. The van der Waals surface area contributed by atoms with Gasteiger partial charge in [0.05, 0.1) is 0 Å². The molecule has 0 N–H and O–H groups in total. The first-order valence-corrected chi connectivity index (χ1v) is 4.58. The molecule has 1 aliphatic heterocycles. The van der Waals surface area contributed by atoms with Gasteiger partial charge in [0.1, 0.15) is 0 Å². The molecular formula is C9H18O. The third-order valence-corrected chi connectivity index (χ3v) is 2.08. The molecule has 1 aliphatic carbocycles. The molecule has 2 aliphatic rings. The van der Waals surface area contributed by atoms with Gasteiger partial charge in [0.15, 0.2) is 0 Å². The van der Waals surface area contributed by atoms with Crippen molar-refractivity contribution < 1.29 is 4.74 Å². The van der Waals surface area contributed by atoms with Crippen LogP contribution in [0.5, 0.6) is 0 Å². The molecule has 0 spiro atoms. The summed E-state index contributed by atoms with van der Waals surface area (Å²) in [6.07, 6.45) is 10.3. The molecule has 0 aromatic carbocycles. The second-order valence-electron chi connectivity index (χ2n) is 3.09. The molecule has 0 bridgehead atoms. The van der Waals surface area contributed by atoms with Crippen LogP contribution in [-0.2, 0) is 4.74 Å². The lowest BCUT2D eigenvalue weighted by molar-refractivity contribution is 0.0367. The van der Waals surface area contributed by atoms with Gasteiger partial charge in [-0.25, -0.2) is 0 Å². The van der Waals surface area contributed by atoms with Gasteiger partial charge < -0.3 is 4.74 Å². The molecule has 1 heterocycles. The molecule has 0 aromatic rings. The molecule has 1 saturated carbocycles. The zero-order valence-corrected chi connectivity index (χ0v) is 6.77. The van der Waals surface area contributed by atoms with E-state index in [0.717, 1.165) is 13.2 Å². The number of hydrogen-bond donors (Lipinski definition) is 0. The Balaban J connectivity index is 0.000000108. The van der Waals surface area contributed by atoms with E-state index >= 15 is 0 Å². The lowest BCUT2D eigenvalue weighted by Gasteiger charge is -2.09. The summed E-state index contributed by atoms with van der Waals surface area (Å²) in [6.45, 7) is 2.00. The Kier molecular flexibility index (Phi) is 4.61. The van der Waals surface area contributed by atoms with Crippen molar-refractivity contribution in [1.29, 1.82) is 0 Å². The average molecular weight is 142 g/mol. The maximum absolute atomic E-state index is 4.72. The number of ether oxygens (including phenoxy) is 1. The van der Waals surface area contributed by atoms with Gasteiger partial charge in [0.2, 0.25) is 0 Å². The van der Waals surface area contributed by atoms with E-state index in [4.69, 9.17) is 4.74 Å². The predicted octanol–water partition coefficient (Wildman–Crippen LogP) is 2.75. The summed E-state index contributed by atoms with van der Waals surface area (Å²) in [5.74, 6) is 0. The van der Waals surface area contributed by atoms with Gasteiger partial charge in [-0.3, -0.25) is 0 Å². The Morgan fingerprint density at radius 1 is 0.500 bits per heavy atom. The monoisotopic (exact) mass is 142 g/mol. The zero-order chi connectivity index (χ0) is 7.07. The van der Waals surface area contributed by atoms with Crippen LogP contribution in [0.3, 0.4) is 0 Å². The highest BCUT2D eigenvalue weighted by atomic mass is 16.5. The van der Waals surface area contributed by atoms with E-state index in [2.05, 4.69) is 0 Å². The first kappa shape index (κ1) is 8.06. The summed E-state index contributed by atoms with van der Waals surface area (Å²) >= 11 is 0. The van der Waals surface area contributed by atoms with Crippen LogP contribution in [0.25, 0.3) is 0 Å². The highest BCUT2D eigenvalue weighted by molar-refractivity contribution is 4.51. The normalized spacial score (nSPS) is 24.0. The fourth-order valence-electron chi connectivity index (χ4n) is 1.20. The lowest BCUT2D eigenvalue weighted by atomic mass is 10.0.